The van der Waals surface area contributed by atoms with Crippen molar-refractivity contribution in [3.05, 3.63) is 29.8 Å². The molecule has 1 radical (unpaired) electrons. The molecule has 0 spiro atoms. The van der Waals surface area contributed by atoms with Crippen LogP contribution in [0.5, 0.6) is 5.75 Å². The molecule has 0 aromatic heterocycles. The first kappa shape index (κ1) is 9.33. The lowest BCUT2D eigenvalue weighted by Crippen LogP contribution is -2.05. The van der Waals surface area contributed by atoms with Crippen LogP contribution in [0.25, 0.3) is 0 Å². The third kappa shape index (κ3) is 2.70. The lowest BCUT2D eigenvalue weighted by atomic mass is 10.2. The Morgan fingerprint density at radius 1 is 1.33 bits per heavy atom. The van der Waals surface area contributed by atoms with Gasteiger partial charge in [0.1, 0.15) is 5.75 Å². The first-order chi connectivity index (χ1) is 5.72. The van der Waals surface area contributed by atoms with Gasteiger partial charge in [0.25, 0.3) is 0 Å². The predicted molar refractivity (Wildman–Crippen MR) is 54.2 cm³/mol. The second-order valence-electron chi connectivity index (χ2n) is 3.24. The summed E-state index contributed by atoms with van der Waals surface area (Å²) in [5.74, 6) is 0.968. The number of hydrogen-bond acceptors (Lipinski definition) is 1. The highest BCUT2D eigenvalue weighted by molar-refractivity contribution is 6.55. The minimum atomic E-state index is -0.167. The largest absolute Gasteiger partial charge is 0.497 e. The van der Waals surface area contributed by atoms with Crippen molar-refractivity contribution >= 4 is 8.80 Å². The molecule has 0 saturated carbocycles. The average Bonchev–Trinajstić information content (AvgIpc) is 2.03. The van der Waals surface area contributed by atoms with Crippen molar-refractivity contribution in [2.45, 2.75) is 19.1 Å². The second kappa shape index (κ2) is 4.31. The molecular weight excluding hydrogens is 164 g/mol. The van der Waals surface area contributed by atoms with Crippen molar-refractivity contribution in [1.82, 2.24) is 0 Å². The smallest absolute Gasteiger partial charge is 0.119 e. The average molecular weight is 179 g/mol. The normalized spacial score (nSPS) is 10.3. The standard InChI is InChI=1S/C10H15OSi/c1-11-10-6-4-5-9(7-10)8-12(2)3/h4-7H,8H2,1-3H3. The van der Waals surface area contributed by atoms with Crippen molar-refractivity contribution in [3.8, 4) is 5.75 Å². The molecule has 65 valence electrons. The maximum absolute atomic E-state index is 5.15. The van der Waals surface area contributed by atoms with Crippen LogP contribution in [-0.4, -0.2) is 15.9 Å². The van der Waals surface area contributed by atoms with Gasteiger partial charge in [-0.2, -0.15) is 0 Å². The van der Waals surface area contributed by atoms with Gasteiger partial charge in [-0.25, -0.2) is 0 Å². The highest BCUT2D eigenvalue weighted by Gasteiger charge is 1.99. The molecule has 0 N–H and O–H groups in total. The molecule has 0 bridgehead atoms. The highest BCUT2D eigenvalue weighted by Crippen LogP contribution is 2.13. The summed E-state index contributed by atoms with van der Waals surface area (Å²) in [6.45, 7) is 4.65. The van der Waals surface area contributed by atoms with Crippen LogP contribution in [0.2, 0.25) is 13.1 Å². The van der Waals surface area contributed by atoms with Crippen LogP contribution in [0.15, 0.2) is 24.3 Å². The Balaban J connectivity index is 2.72. The van der Waals surface area contributed by atoms with Gasteiger partial charge >= 0.3 is 0 Å². The van der Waals surface area contributed by atoms with Gasteiger partial charge in [-0.05, 0) is 23.7 Å². The van der Waals surface area contributed by atoms with E-state index in [0.717, 1.165) is 5.75 Å². The Bertz CT molecular complexity index is 245. The Labute approximate surface area is 76.0 Å². The van der Waals surface area contributed by atoms with Crippen LogP contribution in [0.1, 0.15) is 5.56 Å². The molecule has 2 heteroatoms. The third-order valence-electron chi connectivity index (χ3n) is 1.69. The summed E-state index contributed by atoms with van der Waals surface area (Å²) in [7, 11) is 1.54. The molecule has 1 aromatic rings. The third-order valence-corrected chi connectivity index (χ3v) is 2.81. The number of hydrogen-bond donors (Lipinski definition) is 0. The van der Waals surface area contributed by atoms with Crippen LogP contribution in [0, 0.1) is 0 Å². The Morgan fingerprint density at radius 3 is 2.67 bits per heavy atom. The lowest BCUT2D eigenvalue weighted by molar-refractivity contribution is 0.414. The van der Waals surface area contributed by atoms with Gasteiger partial charge < -0.3 is 4.74 Å². The van der Waals surface area contributed by atoms with Crippen LogP contribution in [-0.2, 0) is 6.04 Å². The van der Waals surface area contributed by atoms with Crippen molar-refractivity contribution in [2.75, 3.05) is 7.11 Å². The van der Waals surface area contributed by atoms with E-state index in [1.165, 1.54) is 11.6 Å². The number of benzene rings is 1. The Kier molecular flexibility index (Phi) is 3.35. The zero-order chi connectivity index (χ0) is 8.97. The second-order valence-corrected chi connectivity index (χ2v) is 6.00. The molecule has 0 aliphatic rings. The van der Waals surface area contributed by atoms with Crippen molar-refractivity contribution in [2.24, 2.45) is 0 Å². The minimum absolute atomic E-state index is 0.167. The molecule has 0 aliphatic heterocycles. The van der Waals surface area contributed by atoms with Crippen LogP contribution in [0.4, 0.5) is 0 Å². The fourth-order valence-corrected chi connectivity index (χ4v) is 2.23. The van der Waals surface area contributed by atoms with Gasteiger partial charge in [-0.1, -0.05) is 25.2 Å². The van der Waals surface area contributed by atoms with E-state index >= 15 is 0 Å². The molecule has 1 nitrogen and oxygen atoms in total. The fourth-order valence-electron chi connectivity index (χ4n) is 1.19. The van der Waals surface area contributed by atoms with Crippen LogP contribution in [0.3, 0.4) is 0 Å². The van der Waals surface area contributed by atoms with Gasteiger partial charge in [0.2, 0.25) is 0 Å². The van der Waals surface area contributed by atoms with E-state index in [9.17, 15) is 0 Å². The van der Waals surface area contributed by atoms with E-state index < -0.39 is 0 Å². The van der Waals surface area contributed by atoms with Gasteiger partial charge in [-0.3, -0.25) is 0 Å². The fraction of sp³-hybridized carbons (Fsp3) is 0.400. The number of rotatable bonds is 3. The summed E-state index contributed by atoms with van der Waals surface area (Å²) in [6, 6.07) is 9.56. The topological polar surface area (TPSA) is 9.23 Å². The minimum Gasteiger partial charge on any atom is -0.497 e. The molecular formula is C10H15OSi. The maximum atomic E-state index is 5.15. The van der Waals surface area contributed by atoms with E-state index in [1.54, 1.807) is 7.11 Å². The number of methoxy groups -OCH3 is 1. The first-order valence-electron chi connectivity index (χ1n) is 4.14. The molecule has 12 heavy (non-hydrogen) atoms. The van der Waals surface area contributed by atoms with E-state index in [0.29, 0.717) is 0 Å². The van der Waals surface area contributed by atoms with Gasteiger partial charge in [-0.15, -0.1) is 0 Å². The number of ether oxygens (including phenoxy) is 1. The van der Waals surface area contributed by atoms with Gasteiger partial charge in [0.05, 0.1) is 7.11 Å². The molecule has 1 aromatic carbocycles. The summed E-state index contributed by atoms with van der Waals surface area (Å²) in [5, 5.41) is 0. The van der Waals surface area contributed by atoms with Crippen LogP contribution >= 0.6 is 0 Å². The summed E-state index contributed by atoms with van der Waals surface area (Å²) < 4.78 is 5.15. The quantitative estimate of drug-likeness (QED) is 0.648. The highest BCUT2D eigenvalue weighted by atomic mass is 28.3. The van der Waals surface area contributed by atoms with Crippen LogP contribution < -0.4 is 4.74 Å². The molecule has 0 heterocycles. The summed E-state index contributed by atoms with van der Waals surface area (Å²) in [5.41, 5.74) is 1.40. The van der Waals surface area contributed by atoms with Crippen molar-refractivity contribution < 1.29 is 4.74 Å². The zero-order valence-corrected chi connectivity index (χ0v) is 8.92. The van der Waals surface area contributed by atoms with E-state index in [4.69, 9.17) is 4.74 Å². The van der Waals surface area contributed by atoms with Crippen molar-refractivity contribution in [1.29, 1.82) is 0 Å². The molecule has 0 unspecified atom stereocenters. The van der Waals surface area contributed by atoms with E-state index in [1.807, 2.05) is 6.07 Å². The molecule has 1 rings (SSSR count). The molecule has 0 amide bonds. The van der Waals surface area contributed by atoms with E-state index in [-0.39, 0.29) is 8.80 Å². The molecule has 0 saturated heterocycles. The Hall–Kier alpha value is -0.763. The maximum Gasteiger partial charge on any atom is 0.119 e. The Morgan fingerprint density at radius 2 is 2.08 bits per heavy atom. The molecule has 0 atom stereocenters. The zero-order valence-electron chi connectivity index (χ0n) is 7.92. The molecule has 0 aliphatic carbocycles. The van der Waals surface area contributed by atoms with E-state index in [2.05, 4.69) is 31.3 Å². The summed E-state index contributed by atoms with van der Waals surface area (Å²) in [4.78, 5) is 0. The van der Waals surface area contributed by atoms with Crippen molar-refractivity contribution in [3.63, 3.8) is 0 Å². The first-order valence-corrected chi connectivity index (χ1v) is 6.85. The lowest BCUT2D eigenvalue weighted by Gasteiger charge is -2.05. The molecule has 0 fully saturated rings. The monoisotopic (exact) mass is 179 g/mol. The summed E-state index contributed by atoms with van der Waals surface area (Å²) in [6.07, 6.45) is 0. The summed E-state index contributed by atoms with van der Waals surface area (Å²) >= 11 is 0. The predicted octanol–water partition coefficient (Wildman–Crippen LogP) is 2.53. The van der Waals surface area contributed by atoms with Gasteiger partial charge in [0.15, 0.2) is 0 Å². The SMILES string of the molecule is COc1cccc(C[Si](C)C)c1. The van der Waals surface area contributed by atoms with Gasteiger partial charge in [0, 0.05) is 8.80 Å².